The van der Waals surface area contributed by atoms with Crippen LogP contribution in [0, 0.1) is 0 Å². The third-order valence-electron chi connectivity index (χ3n) is 3.12. The lowest BCUT2D eigenvalue weighted by Gasteiger charge is -2.06. The molecular formula is C15H12N2O3S. The van der Waals surface area contributed by atoms with E-state index in [-0.39, 0.29) is 5.56 Å². The summed E-state index contributed by atoms with van der Waals surface area (Å²) in [6.07, 6.45) is 3.77. The van der Waals surface area contributed by atoms with Gasteiger partial charge in [-0.1, -0.05) is 6.08 Å². The van der Waals surface area contributed by atoms with Crippen molar-refractivity contribution >= 4 is 40.4 Å². The lowest BCUT2D eigenvalue weighted by molar-refractivity contribution is 0.0693. The highest BCUT2D eigenvalue weighted by Crippen LogP contribution is 2.32. The Kier molecular flexibility index (Phi) is 3.45. The Bertz CT molecular complexity index is 819. The fourth-order valence-corrected chi connectivity index (χ4v) is 2.78. The zero-order valence-electron chi connectivity index (χ0n) is 11.2. The quantitative estimate of drug-likeness (QED) is 0.773. The van der Waals surface area contributed by atoms with Crippen molar-refractivity contribution in [2.24, 2.45) is 0 Å². The molecule has 0 fully saturated rings. The standard InChI is InChI=1S/C15H12N2O3S/c1-20-14-10(15(18)19)3-5-12-13(14)11(16-17-12)4-2-9-6-7-21-8-9/h2-8H,1H3,(H,16,17)(H,18,19). The molecule has 3 aromatic rings. The molecule has 2 N–H and O–H groups in total. The van der Waals surface area contributed by atoms with Gasteiger partial charge >= 0.3 is 5.97 Å². The summed E-state index contributed by atoms with van der Waals surface area (Å²) < 4.78 is 5.28. The average molecular weight is 300 g/mol. The Balaban J connectivity index is 2.15. The highest BCUT2D eigenvalue weighted by molar-refractivity contribution is 7.08. The third-order valence-corrected chi connectivity index (χ3v) is 3.82. The number of hydrogen-bond donors (Lipinski definition) is 2. The Morgan fingerprint density at radius 3 is 2.90 bits per heavy atom. The summed E-state index contributed by atoms with van der Waals surface area (Å²) in [5.74, 6) is -0.707. The molecule has 0 radical (unpaired) electrons. The highest BCUT2D eigenvalue weighted by Gasteiger charge is 2.17. The maximum atomic E-state index is 11.3. The summed E-state index contributed by atoms with van der Waals surface area (Å²) in [6, 6.07) is 5.19. The van der Waals surface area contributed by atoms with E-state index in [0.29, 0.717) is 16.8 Å². The molecule has 0 unspecified atom stereocenters. The van der Waals surface area contributed by atoms with Crippen molar-refractivity contribution in [3.05, 3.63) is 45.8 Å². The second-order valence-electron chi connectivity index (χ2n) is 4.37. The summed E-state index contributed by atoms with van der Waals surface area (Å²) in [4.78, 5) is 11.3. The number of nitrogens with zero attached hydrogens (tertiary/aromatic N) is 1. The number of aromatic carboxylic acids is 1. The molecule has 0 atom stereocenters. The van der Waals surface area contributed by atoms with Crippen LogP contribution in [-0.2, 0) is 0 Å². The number of carbonyl (C=O) groups is 1. The van der Waals surface area contributed by atoms with Crippen LogP contribution in [0.1, 0.15) is 21.6 Å². The predicted octanol–water partition coefficient (Wildman–Crippen LogP) is 3.50. The van der Waals surface area contributed by atoms with Gasteiger partial charge in [0.05, 0.1) is 23.7 Å². The topological polar surface area (TPSA) is 75.2 Å². The van der Waals surface area contributed by atoms with Crippen LogP contribution in [0.15, 0.2) is 29.0 Å². The van der Waals surface area contributed by atoms with Crippen LogP contribution >= 0.6 is 11.3 Å². The first-order valence-corrected chi connectivity index (χ1v) is 7.13. The minimum Gasteiger partial charge on any atom is -0.495 e. The fourth-order valence-electron chi connectivity index (χ4n) is 2.15. The van der Waals surface area contributed by atoms with Crippen molar-refractivity contribution < 1.29 is 14.6 Å². The number of fused-ring (bicyclic) bond motifs is 1. The molecule has 0 spiro atoms. The molecule has 0 bridgehead atoms. The second kappa shape index (κ2) is 5.41. The first-order valence-electron chi connectivity index (χ1n) is 6.19. The molecule has 106 valence electrons. The molecule has 0 amide bonds. The Morgan fingerprint density at radius 1 is 1.38 bits per heavy atom. The molecule has 3 rings (SSSR count). The molecule has 2 aromatic heterocycles. The van der Waals surface area contributed by atoms with E-state index in [1.54, 1.807) is 17.4 Å². The SMILES string of the molecule is COc1c(C(=O)O)ccc2[nH]nc(C=Cc3ccsc3)c12. The Morgan fingerprint density at radius 2 is 2.24 bits per heavy atom. The number of thiophene rings is 1. The van der Waals surface area contributed by atoms with Crippen LogP contribution in [-0.4, -0.2) is 28.4 Å². The van der Waals surface area contributed by atoms with E-state index < -0.39 is 5.97 Å². The van der Waals surface area contributed by atoms with E-state index in [0.717, 1.165) is 11.1 Å². The van der Waals surface area contributed by atoms with E-state index in [9.17, 15) is 9.90 Å². The number of ether oxygens (including phenoxy) is 1. The normalized spacial score (nSPS) is 11.3. The van der Waals surface area contributed by atoms with Crippen molar-refractivity contribution in [1.29, 1.82) is 0 Å². The smallest absolute Gasteiger partial charge is 0.339 e. The zero-order chi connectivity index (χ0) is 14.8. The number of carboxylic acids is 1. The fraction of sp³-hybridized carbons (Fsp3) is 0.0667. The summed E-state index contributed by atoms with van der Waals surface area (Å²) >= 11 is 1.61. The number of hydrogen-bond acceptors (Lipinski definition) is 4. The molecule has 6 heteroatoms. The first-order chi connectivity index (χ1) is 10.2. The minimum atomic E-state index is -1.03. The van der Waals surface area contributed by atoms with E-state index in [1.165, 1.54) is 13.2 Å². The number of rotatable bonds is 4. The molecule has 0 aliphatic rings. The number of aromatic amines is 1. The van der Waals surface area contributed by atoms with Crippen LogP contribution in [0.2, 0.25) is 0 Å². The zero-order valence-corrected chi connectivity index (χ0v) is 12.0. The number of benzene rings is 1. The molecule has 0 saturated heterocycles. The van der Waals surface area contributed by atoms with E-state index in [1.807, 2.05) is 29.0 Å². The number of H-pyrrole nitrogens is 1. The van der Waals surface area contributed by atoms with E-state index in [4.69, 9.17) is 4.74 Å². The minimum absolute atomic E-state index is 0.122. The van der Waals surface area contributed by atoms with Gasteiger partial charge in [0.2, 0.25) is 0 Å². The van der Waals surface area contributed by atoms with Gasteiger partial charge in [-0.25, -0.2) is 4.79 Å². The van der Waals surface area contributed by atoms with Gasteiger partial charge in [-0.3, -0.25) is 5.10 Å². The number of aromatic nitrogens is 2. The van der Waals surface area contributed by atoms with Crippen molar-refractivity contribution in [2.75, 3.05) is 7.11 Å². The van der Waals surface area contributed by atoms with Gasteiger partial charge in [0, 0.05) is 0 Å². The van der Waals surface area contributed by atoms with Crippen LogP contribution in [0.4, 0.5) is 0 Å². The van der Waals surface area contributed by atoms with Crippen molar-refractivity contribution in [3.8, 4) is 5.75 Å². The maximum absolute atomic E-state index is 11.3. The largest absolute Gasteiger partial charge is 0.495 e. The summed E-state index contributed by atoms with van der Waals surface area (Å²) in [5, 5.41) is 21.0. The van der Waals surface area contributed by atoms with Gasteiger partial charge in [0.25, 0.3) is 0 Å². The molecule has 5 nitrogen and oxygen atoms in total. The monoisotopic (exact) mass is 300 g/mol. The van der Waals surface area contributed by atoms with Crippen LogP contribution in [0.25, 0.3) is 23.1 Å². The predicted molar refractivity (Wildman–Crippen MR) is 82.9 cm³/mol. The van der Waals surface area contributed by atoms with Crippen LogP contribution in [0.3, 0.4) is 0 Å². The maximum Gasteiger partial charge on any atom is 0.339 e. The summed E-state index contributed by atoms with van der Waals surface area (Å²) in [6.45, 7) is 0. The second-order valence-corrected chi connectivity index (χ2v) is 5.15. The lowest BCUT2D eigenvalue weighted by atomic mass is 10.1. The summed E-state index contributed by atoms with van der Waals surface area (Å²) in [7, 11) is 1.46. The summed E-state index contributed by atoms with van der Waals surface area (Å²) in [5.41, 5.74) is 2.58. The first kappa shape index (κ1) is 13.4. The van der Waals surface area contributed by atoms with Gasteiger partial charge in [-0.05, 0) is 40.6 Å². The third kappa shape index (κ3) is 2.41. The number of carboxylic acid groups (broad SMARTS) is 1. The van der Waals surface area contributed by atoms with Gasteiger partial charge in [0.15, 0.2) is 0 Å². The molecule has 0 aliphatic heterocycles. The highest BCUT2D eigenvalue weighted by atomic mass is 32.1. The van der Waals surface area contributed by atoms with Crippen molar-refractivity contribution in [1.82, 2.24) is 10.2 Å². The number of methoxy groups -OCH3 is 1. The molecule has 1 aromatic carbocycles. The van der Waals surface area contributed by atoms with Gasteiger partial charge < -0.3 is 9.84 Å². The van der Waals surface area contributed by atoms with E-state index >= 15 is 0 Å². The number of nitrogens with one attached hydrogen (secondary N) is 1. The van der Waals surface area contributed by atoms with Crippen LogP contribution < -0.4 is 4.74 Å². The van der Waals surface area contributed by atoms with E-state index in [2.05, 4.69) is 10.2 Å². The molecular weight excluding hydrogens is 288 g/mol. The van der Waals surface area contributed by atoms with Crippen molar-refractivity contribution in [3.63, 3.8) is 0 Å². The Labute approximate surface area is 124 Å². The van der Waals surface area contributed by atoms with Gasteiger partial charge in [0.1, 0.15) is 11.3 Å². The average Bonchev–Trinajstić information content (AvgIpc) is 3.13. The van der Waals surface area contributed by atoms with Gasteiger partial charge in [-0.15, -0.1) is 0 Å². The molecule has 21 heavy (non-hydrogen) atoms. The Hall–Kier alpha value is -2.60. The van der Waals surface area contributed by atoms with Gasteiger partial charge in [-0.2, -0.15) is 16.4 Å². The van der Waals surface area contributed by atoms with Crippen molar-refractivity contribution in [2.45, 2.75) is 0 Å². The molecule has 2 heterocycles. The molecule has 0 saturated carbocycles. The lowest BCUT2D eigenvalue weighted by Crippen LogP contribution is -2.00. The van der Waals surface area contributed by atoms with Crippen LogP contribution in [0.5, 0.6) is 5.75 Å². The molecule has 0 aliphatic carbocycles.